The molecule has 1 aromatic rings. The van der Waals surface area contributed by atoms with E-state index in [0.29, 0.717) is 11.2 Å². The molecule has 0 aromatic carbocycles. The number of rotatable bonds is 2. The van der Waals surface area contributed by atoms with Crippen LogP contribution in [0.25, 0.3) is 0 Å². The van der Waals surface area contributed by atoms with Crippen LogP contribution in [-0.4, -0.2) is 11.0 Å². The molecule has 1 aliphatic carbocycles. The maximum Gasteiger partial charge on any atom is 0.132 e. The van der Waals surface area contributed by atoms with Gasteiger partial charge in [-0.05, 0) is 37.3 Å². The molecule has 0 unspecified atom stereocenters. The first-order chi connectivity index (χ1) is 6.65. The van der Waals surface area contributed by atoms with Crippen molar-refractivity contribution >= 4 is 17.3 Å². The number of pyridine rings is 1. The molecule has 14 heavy (non-hydrogen) atoms. The van der Waals surface area contributed by atoms with Crippen molar-refractivity contribution in [2.24, 2.45) is 5.92 Å². The Bertz CT molecular complexity index is 332. The number of nitrogens with one attached hydrogen (secondary N) is 1. The normalized spacial score (nSPS) is 25.6. The van der Waals surface area contributed by atoms with E-state index in [2.05, 4.69) is 23.3 Å². The maximum absolute atomic E-state index is 5.85. The van der Waals surface area contributed by atoms with E-state index in [1.807, 2.05) is 6.92 Å². The highest BCUT2D eigenvalue weighted by Crippen LogP contribution is 2.29. The molecule has 1 fully saturated rings. The van der Waals surface area contributed by atoms with Gasteiger partial charge in [0.25, 0.3) is 0 Å². The third kappa shape index (κ3) is 2.01. The Labute approximate surface area is 89.7 Å². The van der Waals surface area contributed by atoms with E-state index in [0.717, 1.165) is 17.2 Å². The maximum atomic E-state index is 5.85. The molecule has 1 N–H and O–H groups in total. The summed E-state index contributed by atoms with van der Waals surface area (Å²) in [4.78, 5) is 4.11. The van der Waals surface area contributed by atoms with Gasteiger partial charge in [-0.1, -0.05) is 18.5 Å². The predicted molar refractivity (Wildman–Crippen MR) is 59.8 cm³/mol. The van der Waals surface area contributed by atoms with E-state index < -0.39 is 0 Å². The highest BCUT2D eigenvalue weighted by molar-refractivity contribution is 6.30. The van der Waals surface area contributed by atoms with Crippen molar-refractivity contribution < 1.29 is 0 Å². The lowest BCUT2D eigenvalue weighted by atomic mass is 9.82. The third-order valence-corrected chi connectivity index (χ3v) is 3.15. The van der Waals surface area contributed by atoms with Crippen LogP contribution < -0.4 is 5.32 Å². The second-order valence-corrected chi connectivity index (χ2v) is 4.61. The number of halogens is 1. The van der Waals surface area contributed by atoms with Gasteiger partial charge in [-0.15, -0.1) is 0 Å². The standard InChI is InChI=1S/C11H15ClN2/c1-7-3-9(4-7)14-10-5-8(2)11(12)13-6-10/h5-7,9,14H,3-4H2,1-2H3. The summed E-state index contributed by atoms with van der Waals surface area (Å²) in [7, 11) is 0. The van der Waals surface area contributed by atoms with Gasteiger partial charge in [-0.2, -0.15) is 0 Å². The molecular formula is C11H15ClN2. The Morgan fingerprint density at radius 1 is 1.50 bits per heavy atom. The molecule has 0 amide bonds. The second-order valence-electron chi connectivity index (χ2n) is 4.25. The minimum atomic E-state index is 0.595. The molecule has 0 bridgehead atoms. The van der Waals surface area contributed by atoms with Gasteiger partial charge >= 0.3 is 0 Å². The lowest BCUT2D eigenvalue weighted by Crippen LogP contribution is -2.33. The quantitative estimate of drug-likeness (QED) is 0.758. The second kappa shape index (κ2) is 3.77. The Morgan fingerprint density at radius 3 is 2.79 bits per heavy atom. The topological polar surface area (TPSA) is 24.9 Å². The molecule has 0 spiro atoms. The molecule has 2 rings (SSSR count). The summed E-state index contributed by atoms with van der Waals surface area (Å²) in [5.74, 6) is 0.869. The fourth-order valence-electron chi connectivity index (χ4n) is 1.89. The summed E-state index contributed by atoms with van der Waals surface area (Å²) < 4.78 is 0. The molecule has 1 saturated carbocycles. The molecule has 1 aromatic heterocycles. The van der Waals surface area contributed by atoms with Gasteiger partial charge in [-0.3, -0.25) is 0 Å². The summed E-state index contributed by atoms with van der Waals surface area (Å²) in [6.07, 6.45) is 4.33. The van der Waals surface area contributed by atoms with Crippen LogP contribution in [0.4, 0.5) is 5.69 Å². The van der Waals surface area contributed by atoms with Crippen molar-refractivity contribution in [1.29, 1.82) is 0 Å². The van der Waals surface area contributed by atoms with Crippen LogP contribution in [0.1, 0.15) is 25.3 Å². The lowest BCUT2D eigenvalue weighted by Gasteiger charge is -2.34. The van der Waals surface area contributed by atoms with Crippen molar-refractivity contribution in [2.45, 2.75) is 32.7 Å². The highest BCUT2D eigenvalue weighted by Gasteiger charge is 2.24. The monoisotopic (exact) mass is 210 g/mol. The van der Waals surface area contributed by atoms with E-state index >= 15 is 0 Å². The SMILES string of the molecule is Cc1cc(NC2CC(C)C2)cnc1Cl. The molecule has 0 aliphatic heterocycles. The molecule has 76 valence electrons. The van der Waals surface area contributed by atoms with Crippen LogP contribution in [0.2, 0.25) is 5.15 Å². The zero-order valence-corrected chi connectivity index (χ0v) is 9.30. The predicted octanol–water partition coefficient (Wildman–Crippen LogP) is 3.25. The van der Waals surface area contributed by atoms with Crippen LogP contribution in [0.15, 0.2) is 12.3 Å². The van der Waals surface area contributed by atoms with Crippen molar-refractivity contribution in [3.63, 3.8) is 0 Å². The Balaban J connectivity index is 2.00. The number of aromatic nitrogens is 1. The van der Waals surface area contributed by atoms with Gasteiger partial charge in [-0.25, -0.2) is 4.98 Å². The van der Waals surface area contributed by atoms with E-state index in [-0.39, 0.29) is 0 Å². The Kier molecular flexibility index (Phi) is 2.64. The summed E-state index contributed by atoms with van der Waals surface area (Å²) >= 11 is 5.85. The molecule has 1 heterocycles. The average molecular weight is 211 g/mol. The number of nitrogens with zero attached hydrogens (tertiary/aromatic N) is 1. The molecule has 3 heteroatoms. The zero-order valence-electron chi connectivity index (χ0n) is 8.55. The average Bonchev–Trinajstić information content (AvgIpc) is 2.09. The third-order valence-electron chi connectivity index (χ3n) is 2.76. The van der Waals surface area contributed by atoms with E-state index in [9.17, 15) is 0 Å². The van der Waals surface area contributed by atoms with Crippen molar-refractivity contribution in [1.82, 2.24) is 4.98 Å². The summed E-state index contributed by atoms with van der Waals surface area (Å²) in [6, 6.07) is 2.69. The Hall–Kier alpha value is -0.760. The fourth-order valence-corrected chi connectivity index (χ4v) is 2.00. The van der Waals surface area contributed by atoms with Gasteiger partial charge in [0.1, 0.15) is 5.15 Å². The van der Waals surface area contributed by atoms with E-state index in [1.165, 1.54) is 12.8 Å². The van der Waals surface area contributed by atoms with Crippen LogP contribution >= 0.6 is 11.6 Å². The number of anilines is 1. The first-order valence-corrected chi connectivity index (χ1v) is 5.41. The van der Waals surface area contributed by atoms with Crippen LogP contribution in [0.3, 0.4) is 0 Å². The van der Waals surface area contributed by atoms with Gasteiger partial charge in [0.05, 0.1) is 11.9 Å². The first kappa shape index (κ1) is 9.78. The van der Waals surface area contributed by atoms with E-state index in [4.69, 9.17) is 11.6 Å². The molecule has 0 saturated heterocycles. The molecule has 2 nitrogen and oxygen atoms in total. The summed E-state index contributed by atoms with van der Waals surface area (Å²) in [5.41, 5.74) is 2.12. The summed E-state index contributed by atoms with van der Waals surface area (Å²) in [6.45, 7) is 4.26. The first-order valence-electron chi connectivity index (χ1n) is 5.04. The molecule has 0 atom stereocenters. The van der Waals surface area contributed by atoms with Gasteiger partial charge in [0.15, 0.2) is 0 Å². The minimum Gasteiger partial charge on any atom is -0.381 e. The summed E-state index contributed by atoms with van der Waals surface area (Å²) in [5, 5.41) is 4.05. The molecule has 0 radical (unpaired) electrons. The molecule has 1 aliphatic rings. The van der Waals surface area contributed by atoms with Crippen molar-refractivity contribution in [3.8, 4) is 0 Å². The number of aryl methyl sites for hydroxylation is 1. The molecular weight excluding hydrogens is 196 g/mol. The zero-order chi connectivity index (χ0) is 10.1. The van der Waals surface area contributed by atoms with Crippen LogP contribution in [-0.2, 0) is 0 Å². The van der Waals surface area contributed by atoms with Crippen LogP contribution in [0, 0.1) is 12.8 Å². The lowest BCUT2D eigenvalue weighted by molar-refractivity contribution is 0.309. The number of hydrogen-bond acceptors (Lipinski definition) is 2. The van der Waals surface area contributed by atoms with E-state index in [1.54, 1.807) is 6.20 Å². The van der Waals surface area contributed by atoms with Crippen molar-refractivity contribution in [3.05, 3.63) is 23.0 Å². The van der Waals surface area contributed by atoms with Gasteiger partial charge in [0.2, 0.25) is 0 Å². The minimum absolute atomic E-state index is 0.595. The largest absolute Gasteiger partial charge is 0.381 e. The highest BCUT2D eigenvalue weighted by atomic mass is 35.5. The van der Waals surface area contributed by atoms with Gasteiger partial charge < -0.3 is 5.32 Å². The fraction of sp³-hybridized carbons (Fsp3) is 0.545. The number of hydrogen-bond donors (Lipinski definition) is 1. The van der Waals surface area contributed by atoms with Crippen LogP contribution in [0.5, 0.6) is 0 Å². The van der Waals surface area contributed by atoms with Gasteiger partial charge in [0, 0.05) is 6.04 Å². The Morgan fingerprint density at radius 2 is 2.21 bits per heavy atom. The van der Waals surface area contributed by atoms with Crippen molar-refractivity contribution in [2.75, 3.05) is 5.32 Å². The smallest absolute Gasteiger partial charge is 0.132 e.